The summed E-state index contributed by atoms with van der Waals surface area (Å²) in [5.74, 6) is 0.572. The number of amides is 3. The molecule has 100 valence electrons. The van der Waals surface area contributed by atoms with Crippen LogP contribution >= 0.6 is 0 Å². The van der Waals surface area contributed by atoms with E-state index in [0.717, 1.165) is 24.5 Å². The van der Waals surface area contributed by atoms with Gasteiger partial charge in [-0.1, -0.05) is 0 Å². The number of nitrogens with zero attached hydrogens (tertiary/aromatic N) is 1. The molecule has 19 heavy (non-hydrogen) atoms. The minimum absolute atomic E-state index is 0.223. The van der Waals surface area contributed by atoms with Gasteiger partial charge in [0.2, 0.25) is 5.91 Å². The summed E-state index contributed by atoms with van der Waals surface area (Å²) in [5, 5.41) is 5.44. The lowest BCUT2D eigenvalue weighted by atomic mass is 10.2. The Labute approximate surface area is 110 Å². The minimum atomic E-state index is -0.367. The molecule has 2 saturated heterocycles. The van der Waals surface area contributed by atoms with Crippen LogP contribution in [-0.4, -0.2) is 37.7 Å². The van der Waals surface area contributed by atoms with Gasteiger partial charge in [0.15, 0.2) is 0 Å². The number of urea groups is 1. The Balaban J connectivity index is 1.67. The Hall–Kier alpha value is -2.08. The molecule has 6 nitrogen and oxygen atoms in total. The van der Waals surface area contributed by atoms with Crippen molar-refractivity contribution in [3.05, 3.63) is 24.3 Å². The van der Waals surface area contributed by atoms with E-state index in [-0.39, 0.29) is 18.0 Å². The van der Waals surface area contributed by atoms with Gasteiger partial charge in [0, 0.05) is 31.7 Å². The van der Waals surface area contributed by atoms with Crippen molar-refractivity contribution in [1.82, 2.24) is 10.6 Å². The normalized spacial score (nSPS) is 19.9. The Kier molecular flexibility index (Phi) is 3.08. The topological polar surface area (TPSA) is 70.7 Å². The predicted molar refractivity (Wildman–Crippen MR) is 69.2 cm³/mol. The van der Waals surface area contributed by atoms with Gasteiger partial charge in [0.05, 0.1) is 0 Å². The second kappa shape index (κ2) is 4.89. The number of ether oxygens (including phenoxy) is 1. The lowest BCUT2D eigenvalue weighted by molar-refractivity contribution is -0.120. The van der Waals surface area contributed by atoms with Crippen LogP contribution in [-0.2, 0) is 4.79 Å². The molecule has 3 amide bonds. The van der Waals surface area contributed by atoms with E-state index in [1.165, 1.54) is 0 Å². The smallest absolute Gasteiger partial charge is 0.328 e. The van der Waals surface area contributed by atoms with Crippen LogP contribution in [0.4, 0.5) is 10.5 Å². The van der Waals surface area contributed by atoms with E-state index in [1.54, 1.807) is 4.90 Å². The molecular weight excluding hydrogens is 246 g/mol. The van der Waals surface area contributed by atoms with Crippen LogP contribution in [0.2, 0.25) is 0 Å². The van der Waals surface area contributed by atoms with Gasteiger partial charge in [0.25, 0.3) is 0 Å². The Bertz CT molecular complexity index is 496. The van der Waals surface area contributed by atoms with Crippen molar-refractivity contribution in [3.63, 3.8) is 0 Å². The summed E-state index contributed by atoms with van der Waals surface area (Å²) in [6.45, 7) is 2.16. The van der Waals surface area contributed by atoms with E-state index in [9.17, 15) is 9.59 Å². The van der Waals surface area contributed by atoms with Gasteiger partial charge >= 0.3 is 6.03 Å². The molecule has 2 aliphatic heterocycles. The molecule has 0 aliphatic carbocycles. The summed E-state index contributed by atoms with van der Waals surface area (Å²) in [4.78, 5) is 24.3. The highest BCUT2D eigenvalue weighted by Crippen LogP contribution is 2.22. The zero-order valence-corrected chi connectivity index (χ0v) is 10.4. The summed E-state index contributed by atoms with van der Waals surface area (Å²) in [6, 6.07) is 6.98. The van der Waals surface area contributed by atoms with Crippen LogP contribution in [0, 0.1) is 0 Å². The third-order valence-corrected chi connectivity index (χ3v) is 3.25. The lowest BCUT2D eigenvalue weighted by Crippen LogP contribution is -2.50. The number of imide groups is 1. The maximum atomic E-state index is 11.7. The Morgan fingerprint density at radius 1 is 1.16 bits per heavy atom. The molecule has 0 spiro atoms. The first kappa shape index (κ1) is 12.0. The Morgan fingerprint density at radius 3 is 2.47 bits per heavy atom. The Morgan fingerprint density at radius 2 is 1.89 bits per heavy atom. The average Bonchev–Trinajstić information content (AvgIpc) is 2.35. The third-order valence-electron chi connectivity index (χ3n) is 3.25. The van der Waals surface area contributed by atoms with Gasteiger partial charge in [-0.05, 0) is 24.3 Å². The monoisotopic (exact) mass is 261 g/mol. The highest BCUT2D eigenvalue weighted by atomic mass is 16.5. The van der Waals surface area contributed by atoms with Crippen molar-refractivity contribution in [3.8, 4) is 5.75 Å². The number of anilines is 1. The highest BCUT2D eigenvalue weighted by molar-refractivity contribution is 6.05. The first-order valence-corrected chi connectivity index (χ1v) is 6.31. The van der Waals surface area contributed by atoms with E-state index in [4.69, 9.17) is 4.74 Å². The fourth-order valence-electron chi connectivity index (χ4n) is 2.05. The summed E-state index contributed by atoms with van der Waals surface area (Å²) in [6.07, 6.45) is 0.569. The van der Waals surface area contributed by atoms with Gasteiger partial charge in [0.1, 0.15) is 11.9 Å². The molecule has 0 atom stereocenters. The van der Waals surface area contributed by atoms with Gasteiger partial charge in [-0.3, -0.25) is 15.0 Å². The van der Waals surface area contributed by atoms with E-state index < -0.39 is 0 Å². The number of carbonyl (C=O) groups excluding carboxylic acids is 2. The first-order valence-electron chi connectivity index (χ1n) is 6.31. The number of carbonyl (C=O) groups is 2. The lowest BCUT2D eigenvalue weighted by Gasteiger charge is -2.29. The maximum absolute atomic E-state index is 11.7. The summed E-state index contributed by atoms with van der Waals surface area (Å²) >= 11 is 0. The third kappa shape index (κ3) is 2.53. The van der Waals surface area contributed by atoms with Crippen molar-refractivity contribution in [2.24, 2.45) is 0 Å². The van der Waals surface area contributed by atoms with Crippen LogP contribution < -0.4 is 20.3 Å². The molecule has 2 heterocycles. The van der Waals surface area contributed by atoms with Crippen LogP contribution in [0.3, 0.4) is 0 Å². The summed E-state index contributed by atoms with van der Waals surface area (Å²) in [7, 11) is 0. The molecule has 2 N–H and O–H groups in total. The number of hydrogen-bond donors (Lipinski definition) is 2. The van der Waals surface area contributed by atoms with Crippen molar-refractivity contribution < 1.29 is 14.3 Å². The second-order valence-electron chi connectivity index (χ2n) is 4.65. The van der Waals surface area contributed by atoms with Gasteiger partial charge in [-0.15, -0.1) is 0 Å². The average molecular weight is 261 g/mol. The molecule has 1 aromatic rings. The van der Waals surface area contributed by atoms with Gasteiger partial charge in [-0.25, -0.2) is 4.79 Å². The van der Waals surface area contributed by atoms with Crippen molar-refractivity contribution in [2.75, 3.05) is 24.5 Å². The molecule has 0 aromatic heterocycles. The fourth-order valence-corrected chi connectivity index (χ4v) is 2.05. The quantitative estimate of drug-likeness (QED) is 0.830. The van der Waals surface area contributed by atoms with E-state index in [1.807, 2.05) is 24.3 Å². The number of rotatable bonds is 3. The SMILES string of the molecule is O=C1CCN(c2ccc(OC3CNC3)cc2)C(=O)N1. The summed E-state index contributed by atoms with van der Waals surface area (Å²) in [5.41, 5.74) is 0.768. The van der Waals surface area contributed by atoms with E-state index >= 15 is 0 Å². The van der Waals surface area contributed by atoms with Crippen molar-refractivity contribution in [1.29, 1.82) is 0 Å². The molecule has 6 heteroatoms. The number of hydrogen-bond acceptors (Lipinski definition) is 4. The van der Waals surface area contributed by atoms with Crippen molar-refractivity contribution in [2.45, 2.75) is 12.5 Å². The molecular formula is C13H15N3O3. The maximum Gasteiger partial charge on any atom is 0.328 e. The second-order valence-corrected chi connectivity index (χ2v) is 4.65. The highest BCUT2D eigenvalue weighted by Gasteiger charge is 2.24. The molecule has 0 unspecified atom stereocenters. The molecule has 0 bridgehead atoms. The van der Waals surface area contributed by atoms with E-state index in [2.05, 4.69) is 10.6 Å². The zero-order chi connectivity index (χ0) is 13.2. The van der Waals surface area contributed by atoms with Crippen molar-refractivity contribution >= 4 is 17.6 Å². The molecule has 3 rings (SSSR count). The molecule has 1 aromatic carbocycles. The fraction of sp³-hybridized carbons (Fsp3) is 0.385. The van der Waals surface area contributed by atoms with Gasteiger partial charge in [-0.2, -0.15) is 0 Å². The molecule has 2 fully saturated rings. The predicted octanol–water partition coefficient (Wildman–Crippen LogP) is 0.483. The zero-order valence-electron chi connectivity index (χ0n) is 10.4. The standard InChI is InChI=1S/C13H15N3O3/c17-12-5-6-16(13(18)15-12)9-1-3-10(4-2-9)19-11-7-14-8-11/h1-4,11,14H,5-8H2,(H,15,17,18). The largest absolute Gasteiger partial charge is 0.488 e. The van der Waals surface area contributed by atoms with Crippen LogP contribution in [0.25, 0.3) is 0 Å². The van der Waals surface area contributed by atoms with E-state index in [0.29, 0.717) is 13.0 Å². The molecule has 0 radical (unpaired) electrons. The minimum Gasteiger partial charge on any atom is -0.488 e. The summed E-state index contributed by atoms with van der Waals surface area (Å²) < 4.78 is 5.70. The first-order chi connectivity index (χ1) is 9.22. The molecule has 0 saturated carbocycles. The number of benzene rings is 1. The van der Waals surface area contributed by atoms with Crippen LogP contribution in [0.15, 0.2) is 24.3 Å². The van der Waals surface area contributed by atoms with Crippen LogP contribution in [0.1, 0.15) is 6.42 Å². The van der Waals surface area contributed by atoms with Crippen LogP contribution in [0.5, 0.6) is 5.75 Å². The number of nitrogens with one attached hydrogen (secondary N) is 2. The van der Waals surface area contributed by atoms with Gasteiger partial charge < -0.3 is 10.1 Å². The molecule has 2 aliphatic rings.